The Labute approximate surface area is 101 Å². The van der Waals surface area contributed by atoms with Gasteiger partial charge in [-0.25, -0.2) is 4.39 Å². The molecule has 0 saturated heterocycles. The number of alkyl halides is 1. The van der Waals surface area contributed by atoms with E-state index < -0.39 is 11.6 Å². The summed E-state index contributed by atoms with van der Waals surface area (Å²) >= 11 is 0. The molecule has 0 amide bonds. The normalized spacial score (nSPS) is 55.5. The maximum atomic E-state index is 14.5. The zero-order valence-electron chi connectivity index (χ0n) is 10.2. The number of carbonyl (C=O) groups is 1. The van der Waals surface area contributed by atoms with Gasteiger partial charge >= 0.3 is 5.97 Å². The molecule has 0 heterocycles. The van der Waals surface area contributed by atoms with Crippen LogP contribution in [0.2, 0.25) is 0 Å². The van der Waals surface area contributed by atoms with Gasteiger partial charge in [-0.1, -0.05) is 0 Å². The average molecular weight is 241 g/mol. The first-order valence-electron chi connectivity index (χ1n) is 6.53. The van der Waals surface area contributed by atoms with Crippen molar-refractivity contribution < 1.29 is 14.3 Å². The lowest BCUT2D eigenvalue weighted by molar-refractivity contribution is -0.153. The highest BCUT2D eigenvalue weighted by atomic mass is 19.1. The van der Waals surface area contributed by atoms with E-state index in [2.05, 4.69) is 0 Å². The summed E-state index contributed by atoms with van der Waals surface area (Å²) in [6.45, 7) is 2.09. The number of hydrogen-bond acceptors (Lipinski definition) is 2. The van der Waals surface area contributed by atoms with E-state index in [1.54, 1.807) is 6.92 Å². The molecule has 0 aromatic rings. The lowest BCUT2D eigenvalue weighted by Crippen LogP contribution is -2.58. The Balaban J connectivity index is 1.93. The monoisotopic (exact) mass is 241 g/mol. The maximum Gasteiger partial charge on any atom is 0.303 e. The smallest absolute Gasteiger partial charge is 0.303 e. The Morgan fingerprint density at radius 2 is 2.06 bits per heavy atom. The minimum absolute atomic E-state index is 0.123. The van der Waals surface area contributed by atoms with Crippen LogP contribution in [0.5, 0.6) is 0 Å². The summed E-state index contributed by atoms with van der Waals surface area (Å²) in [5, 5.41) is 9.07. The van der Waals surface area contributed by atoms with E-state index in [-0.39, 0.29) is 23.7 Å². The number of nitrogens with two attached hydrogens (primary N) is 1. The second-order valence-electron chi connectivity index (χ2n) is 6.46. The van der Waals surface area contributed by atoms with Crippen LogP contribution in [0.1, 0.15) is 32.6 Å². The lowest BCUT2D eigenvalue weighted by atomic mass is 9.47. The van der Waals surface area contributed by atoms with Crippen LogP contribution in [0.3, 0.4) is 0 Å². The molecule has 3 saturated carbocycles. The van der Waals surface area contributed by atoms with Gasteiger partial charge in [0.2, 0.25) is 0 Å². The molecule has 1 unspecified atom stereocenters. The van der Waals surface area contributed by atoms with Crippen LogP contribution in [0.4, 0.5) is 4.39 Å². The molecule has 0 aromatic heterocycles. The molecule has 3 aliphatic rings. The van der Waals surface area contributed by atoms with E-state index in [1.165, 1.54) is 0 Å². The number of carboxylic acid groups (broad SMARTS) is 1. The molecule has 3 aliphatic carbocycles. The van der Waals surface area contributed by atoms with E-state index >= 15 is 0 Å². The Kier molecular flexibility index (Phi) is 2.17. The fourth-order valence-corrected chi connectivity index (χ4v) is 5.34. The quantitative estimate of drug-likeness (QED) is 0.792. The molecule has 0 aromatic carbocycles. The van der Waals surface area contributed by atoms with Gasteiger partial charge < -0.3 is 10.8 Å². The second-order valence-corrected chi connectivity index (χ2v) is 6.46. The second kappa shape index (κ2) is 3.22. The third kappa shape index (κ3) is 1.22. The highest BCUT2D eigenvalue weighted by molar-refractivity contribution is 5.68. The first-order chi connectivity index (χ1) is 7.92. The van der Waals surface area contributed by atoms with Gasteiger partial charge in [0.25, 0.3) is 0 Å². The highest BCUT2D eigenvalue weighted by Gasteiger charge is 2.72. The molecule has 3 N–H and O–H groups in total. The van der Waals surface area contributed by atoms with E-state index in [9.17, 15) is 9.18 Å². The van der Waals surface area contributed by atoms with Gasteiger partial charge in [0, 0.05) is 0 Å². The van der Waals surface area contributed by atoms with Crippen molar-refractivity contribution in [3.05, 3.63) is 0 Å². The first-order valence-corrected chi connectivity index (χ1v) is 6.53. The minimum atomic E-state index is -1.10. The van der Waals surface area contributed by atoms with Gasteiger partial charge in [0.1, 0.15) is 5.67 Å². The number of hydrogen-bond donors (Lipinski definition) is 2. The van der Waals surface area contributed by atoms with Crippen LogP contribution in [-0.2, 0) is 4.79 Å². The highest BCUT2D eigenvalue weighted by Crippen LogP contribution is 2.74. The van der Waals surface area contributed by atoms with Gasteiger partial charge in [-0.3, -0.25) is 4.79 Å². The summed E-state index contributed by atoms with van der Waals surface area (Å²) in [7, 11) is 0. The van der Waals surface area contributed by atoms with Crippen LogP contribution in [0.15, 0.2) is 0 Å². The van der Waals surface area contributed by atoms with Crippen molar-refractivity contribution in [1.82, 2.24) is 0 Å². The Morgan fingerprint density at radius 1 is 1.41 bits per heavy atom. The van der Waals surface area contributed by atoms with Crippen molar-refractivity contribution in [3.63, 3.8) is 0 Å². The maximum absolute atomic E-state index is 14.5. The zero-order chi connectivity index (χ0) is 12.4. The van der Waals surface area contributed by atoms with Gasteiger partial charge in [-0.2, -0.15) is 0 Å². The Bertz CT molecular complexity index is 370. The molecular weight excluding hydrogens is 221 g/mol. The van der Waals surface area contributed by atoms with Crippen molar-refractivity contribution >= 4 is 5.97 Å². The van der Waals surface area contributed by atoms with Crippen LogP contribution >= 0.6 is 0 Å². The molecule has 3 nitrogen and oxygen atoms in total. The Morgan fingerprint density at radius 3 is 2.65 bits per heavy atom. The summed E-state index contributed by atoms with van der Waals surface area (Å²) in [4.78, 5) is 11.0. The molecule has 0 aliphatic heterocycles. The first kappa shape index (κ1) is 11.5. The summed E-state index contributed by atoms with van der Waals surface area (Å²) < 4.78 is 14.5. The molecule has 3 rings (SSSR count). The average Bonchev–Trinajstić information content (AvgIpc) is 2.72. The lowest BCUT2D eigenvalue weighted by Gasteiger charge is -2.57. The van der Waals surface area contributed by atoms with Crippen LogP contribution in [-0.4, -0.2) is 23.3 Å². The summed E-state index contributed by atoms with van der Waals surface area (Å²) in [6, 6.07) is 0. The third-order valence-electron chi connectivity index (χ3n) is 5.91. The molecule has 6 atom stereocenters. The third-order valence-corrected chi connectivity index (χ3v) is 5.91. The van der Waals surface area contributed by atoms with Crippen molar-refractivity contribution in [2.75, 3.05) is 6.54 Å². The molecule has 0 bridgehead atoms. The van der Waals surface area contributed by atoms with Crippen LogP contribution in [0.25, 0.3) is 0 Å². The molecule has 4 heteroatoms. The summed E-state index contributed by atoms with van der Waals surface area (Å²) in [5.41, 5.74) is 4.45. The van der Waals surface area contributed by atoms with Gasteiger partial charge in [0.15, 0.2) is 0 Å². The van der Waals surface area contributed by atoms with Crippen molar-refractivity contribution in [2.45, 2.75) is 38.3 Å². The largest absolute Gasteiger partial charge is 0.481 e. The standard InChI is InChI=1S/C13H20FNO2/c1-12(14)4-9-11-7(12)2-3-8(11)13(9,6-15)5-10(16)17/h7-9,11H,2-6,15H2,1H3,(H,16,17)/t7-,8+,9-,11-,12?,13-/m1/s1. The molecule has 3 fully saturated rings. The predicted octanol–water partition coefficient (Wildman–Crippen LogP) is 1.81. The van der Waals surface area contributed by atoms with E-state index in [1.807, 2.05) is 0 Å². The fraction of sp³-hybridized carbons (Fsp3) is 0.923. The topological polar surface area (TPSA) is 63.3 Å². The van der Waals surface area contributed by atoms with Gasteiger partial charge in [-0.15, -0.1) is 0 Å². The Hall–Kier alpha value is -0.640. The summed E-state index contributed by atoms with van der Waals surface area (Å²) in [5.74, 6) is 0.343. The minimum Gasteiger partial charge on any atom is -0.481 e. The van der Waals surface area contributed by atoms with E-state index in [0.29, 0.717) is 24.8 Å². The molecule has 96 valence electrons. The number of carboxylic acids is 1. The predicted molar refractivity (Wildman–Crippen MR) is 61.1 cm³/mol. The van der Waals surface area contributed by atoms with Crippen molar-refractivity contribution in [2.24, 2.45) is 34.8 Å². The fourth-order valence-electron chi connectivity index (χ4n) is 5.34. The SMILES string of the molecule is CC1(F)C[C@@H]2[C@@H]3[C@H]1CC[C@@H]3[C@]2(CN)CC(=O)O. The molecule has 0 spiro atoms. The molecular formula is C13H20FNO2. The van der Waals surface area contributed by atoms with E-state index in [0.717, 1.165) is 12.8 Å². The number of halogens is 1. The van der Waals surface area contributed by atoms with Crippen molar-refractivity contribution in [1.29, 1.82) is 0 Å². The zero-order valence-corrected chi connectivity index (χ0v) is 10.2. The van der Waals surface area contributed by atoms with Gasteiger partial charge in [0.05, 0.1) is 6.42 Å². The number of rotatable bonds is 3. The molecule has 0 radical (unpaired) electrons. The molecule has 17 heavy (non-hydrogen) atoms. The van der Waals surface area contributed by atoms with Crippen LogP contribution < -0.4 is 5.73 Å². The number of aliphatic carboxylic acids is 1. The van der Waals surface area contributed by atoms with Crippen LogP contribution in [0, 0.1) is 29.1 Å². The van der Waals surface area contributed by atoms with Gasteiger partial charge in [-0.05, 0) is 61.8 Å². The van der Waals surface area contributed by atoms with Crippen molar-refractivity contribution in [3.8, 4) is 0 Å². The summed E-state index contributed by atoms with van der Waals surface area (Å²) in [6.07, 6.45) is 2.53. The van der Waals surface area contributed by atoms with E-state index in [4.69, 9.17) is 10.8 Å².